The Morgan fingerprint density at radius 1 is 1.48 bits per heavy atom. The minimum absolute atomic E-state index is 0.0291. The Hall–Kier alpha value is -1.50. The lowest BCUT2D eigenvalue weighted by molar-refractivity contribution is 0.0903. The Labute approximate surface area is 130 Å². The Bertz CT molecular complexity index is 595. The maximum absolute atomic E-state index is 12.3. The zero-order valence-corrected chi connectivity index (χ0v) is 13.1. The summed E-state index contributed by atoms with van der Waals surface area (Å²) >= 11 is 6.15. The SMILES string of the molecule is CC(C)(NC(=O)c1ccc(C#CCCO)c(Cl)c1)C1CC1. The first-order chi connectivity index (χ1) is 9.94. The Morgan fingerprint density at radius 3 is 2.76 bits per heavy atom. The van der Waals surface area contributed by atoms with Crippen molar-refractivity contribution in [3.63, 3.8) is 0 Å². The highest BCUT2D eigenvalue weighted by Gasteiger charge is 2.38. The standard InChI is InChI=1S/C17H20ClNO2/c1-17(2,14-8-9-14)19-16(21)13-7-6-12(15(18)11-13)5-3-4-10-20/h6-7,11,14,20H,4,8-10H2,1-2H3,(H,19,21). The van der Waals surface area contributed by atoms with E-state index in [1.54, 1.807) is 18.2 Å². The summed E-state index contributed by atoms with van der Waals surface area (Å²) in [5, 5.41) is 12.2. The van der Waals surface area contributed by atoms with Crippen LogP contribution < -0.4 is 5.32 Å². The molecule has 1 aromatic carbocycles. The molecule has 0 atom stereocenters. The number of rotatable bonds is 4. The number of carbonyl (C=O) groups is 1. The number of aliphatic hydroxyl groups excluding tert-OH is 1. The number of hydrogen-bond donors (Lipinski definition) is 2. The van der Waals surface area contributed by atoms with Gasteiger partial charge in [0.15, 0.2) is 0 Å². The predicted octanol–water partition coefficient (Wildman–Crippen LogP) is 2.99. The van der Waals surface area contributed by atoms with Gasteiger partial charge in [-0.25, -0.2) is 0 Å². The van der Waals surface area contributed by atoms with Crippen molar-refractivity contribution in [1.82, 2.24) is 5.32 Å². The number of halogens is 1. The van der Waals surface area contributed by atoms with E-state index in [1.807, 2.05) is 0 Å². The van der Waals surface area contributed by atoms with Crippen molar-refractivity contribution in [3.8, 4) is 11.8 Å². The van der Waals surface area contributed by atoms with Crippen molar-refractivity contribution >= 4 is 17.5 Å². The van der Waals surface area contributed by atoms with E-state index < -0.39 is 0 Å². The van der Waals surface area contributed by atoms with Gasteiger partial charge in [0.25, 0.3) is 5.91 Å². The van der Waals surface area contributed by atoms with Crippen LogP contribution >= 0.6 is 11.6 Å². The highest BCUT2D eigenvalue weighted by molar-refractivity contribution is 6.32. The number of nitrogens with one attached hydrogen (secondary N) is 1. The quantitative estimate of drug-likeness (QED) is 0.840. The second-order valence-corrected chi connectivity index (χ2v) is 6.33. The number of benzene rings is 1. The first kappa shape index (κ1) is 15.9. The normalized spacial score (nSPS) is 14.3. The van der Waals surface area contributed by atoms with Crippen molar-refractivity contribution in [2.24, 2.45) is 5.92 Å². The van der Waals surface area contributed by atoms with Gasteiger partial charge in [0, 0.05) is 23.1 Å². The summed E-state index contributed by atoms with van der Waals surface area (Å²) in [5.74, 6) is 6.16. The predicted molar refractivity (Wildman–Crippen MR) is 84.3 cm³/mol. The molecular weight excluding hydrogens is 286 g/mol. The van der Waals surface area contributed by atoms with E-state index in [2.05, 4.69) is 31.0 Å². The second kappa shape index (κ2) is 6.51. The van der Waals surface area contributed by atoms with E-state index in [1.165, 1.54) is 12.8 Å². The molecule has 112 valence electrons. The Balaban J connectivity index is 2.09. The van der Waals surface area contributed by atoms with Crippen LogP contribution in [0.3, 0.4) is 0 Å². The van der Waals surface area contributed by atoms with E-state index >= 15 is 0 Å². The van der Waals surface area contributed by atoms with Gasteiger partial charge in [-0.15, -0.1) is 0 Å². The number of hydrogen-bond acceptors (Lipinski definition) is 2. The molecule has 0 aliphatic heterocycles. The molecule has 0 unspecified atom stereocenters. The van der Waals surface area contributed by atoms with Gasteiger partial charge in [0.1, 0.15) is 0 Å². The molecule has 1 aliphatic rings. The van der Waals surface area contributed by atoms with Crippen molar-refractivity contribution < 1.29 is 9.90 Å². The maximum Gasteiger partial charge on any atom is 0.251 e. The molecule has 0 bridgehead atoms. The third-order valence-corrected chi connectivity index (χ3v) is 4.04. The smallest absolute Gasteiger partial charge is 0.251 e. The molecule has 0 heterocycles. The average molecular weight is 306 g/mol. The van der Waals surface area contributed by atoms with Crippen LogP contribution in [0, 0.1) is 17.8 Å². The van der Waals surface area contributed by atoms with E-state index in [0.29, 0.717) is 28.5 Å². The van der Waals surface area contributed by atoms with E-state index in [9.17, 15) is 4.79 Å². The van der Waals surface area contributed by atoms with Gasteiger partial charge < -0.3 is 10.4 Å². The van der Waals surface area contributed by atoms with E-state index in [-0.39, 0.29) is 18.1 Å². The van der Waals surface area contributed by atoms with Gasteiger partial charge in [-0.3, -0.25) is 4.79 Å². The molecule has 2 rings (SSSR count). The fourth-order valence-electron chi connectivity index (χ4n) is 2.24. The van der Waals surface area contributed by atoms with Crippen molar-refractivity contribution in [2.75, 3.05) is 6.61 Å². The van der Waals surface area contributed by atoms with Crippen molar-refractivity contribution in [3.05, 3.63) is 34.3 Å². The molecule has 1 amide bonds. The summed E-state index contributed by atoms with van der Waals surface area (Å²) in [6.45, 7) is 4.14. The Morgan fingerprint density at radius 2 is 2.19 bits per heavy atom. The minimum atomic E-state index is -0.177. The molecule has 1 saturated carbocycles. The second-order valence-electron chi connectivity index (χ2n) is 5.92. The lowest BCUT2D eigenvalue weighted by atomic mass is 9.98. The molecule has 0 radical (unpaired) electrons. The lowest BCUT2D eigenvalue weighted by Gasteiger charge is -2.26. The summed E-state index contributed by atoms with van der Waals surface area (Å²) in [6, 6.07) is 5.11. The van der Waals surface area contributed by atoms with E-state index in [4.69, 9.17) is 16.7 Å². The average Bonchev–Trinajstić information content (AvgIpc) is 3.25. The zero-order valence-electron chi connectivity index (χ0n) is 12.4. The van der Waals surface area contributed by atoms with Gasteiger partial charge in [-0.2, -0.15) is 0 Å². The highest BCUT2D eigenvalue weighted by Crippen LogP contribution is 2.39. The van der Waals surface area contributed by atoms with Crippen LogP contribution in [0.25, 0.3) is 0 Å². The topological polar surface area (TPSA) is 49.3 Å². The van der Waals surface area contributed by atoms with Gasteiger partial charge in [-0.05, 0) is 50.8 Å². The molecule has 0 aromatic heterocycles. The molecule has 1 aromatic rings. The van der Waals surface area contributed by atoms with Gasteiger partial charge in [-0.1, -0.05) is 23.4 Å². The molecule has 0 spiro atoms. The van der Waals surface area contributed by atoms with Crippen LogP contribution in [-0.2, 0) is 0 Å². The zero-order chi connectivity index (χ0) is 15.5. The van der Waals surface area contributed by atoms with Crippen molar-refractivity contribution in [2.45, 2.75) is 38.6 Å². The first-order valence-electron chi connectivity index (χ1n) is 7.16. The third kappa shape index (κ3) is 4.23. The number of amides is 1. The van der Waals surface area contributed by atoms with Crippen LogP contribution in [0.1, 0.15) is 49.0 Å². The monoisotopic (exact) mass is 305 g/mol. The van der Waals surface area contributed by atoms with Crippen LogP contribution in [0.2, 0.25) is 5.02 Å². The fraction of sp³-hybridized carbons (Fsp3) is 0.471. The van der Waals surface area contributed by atoms with Crippen LogP contribution in [0.4, 0.5) is 0 Å². The molecule has 2 N–H and O–H groups in total. The van der Waals surface area contributed by atoms with Gasteiger partial charge in [0.2, 0.25) is 0 Å². The Kier molecular flexibility index (Phi) is 4.92. The molecule has 3 nitrogen and oxygen atoms in total. The summed E-state index contributed by atoms with van der Waals surface area (Å²) in [4.78, 5) is 12.3. The molecule has 21 heavy (non-hydrogen) atoms. The van der Waals surface area contributed by atoms with Gasteiger partial charge >= 0.3 is 0 Å². The molecule has 0 saturated heterocycles. The molecular formula is C17H20ClNO2. The highest BCUT2D eigenvalue weighted by atomic mass is 35.5. The molecule has 1 fully saturated rings. The fourth-order valence-corrected chi connectivity index (χ4v) is 2.47. The number of aliphatic hydroxyl groups is 1. The van der Waals surface area contributed by atoms with Crippen LogP contribution in [0.15, 0.2) is 18.2 Å². The molecule has 1 aliphatic carbocycles. The van der Waals surface area contributed by atoms with E-state index in [0.717, 1.165) is 0 Å². The van der Waals surface area contributed by atoms with Crippen LogP contribution in [0.5, 0.6) is 0 Å². The largest absolute Gasteiger partial charge is 0.395 e. The van der Waals surface area contributed by atoms with Crippen molar-refractivity contribution in [1.29, 1.82) is 0 Å². The summed E-state index contributed by atoms with van der Waals surface area (Å²) in [6.07, 6.45) is 2.76. The third-order valence-electron chi connectivity index (χ3n) is 3.72. The number of carbonyl (C=O) groups excluding carboxylic acids is 1. The summed E-state index contributed by atoms with van der Waals surface area (Å²) in [7, 11) is 0. The minimum Gasteiger partial charge on any atom is -0.395 e. The maximum atomic E-state index is 12.3. The summed E-state index contributed by atoms with van der Waals surface area (Å²) < 4.78 is 0. The van der Waals surface area contributed by atoms with Crippen LogP contribution in [-0.4, -0.2) is 23.2 Å². The molecule has 4 heteroatoms. The summed E-state index contributed by atoms with van der Waals surface area (Å²) in [5.41, 5.74) is 1.04. The lowest BCUT2D eigenvalue weighted by Crippen LogP contribution is -2.45. The first-order valence-corrected chi connectivity index (χ1v) is 7.53. The van der Waals surface area contributed by atoms with Gasteiger partial charge in [0.05, 0.1) is 11.6 Å².